The molecule has 0 aliphatic heterocycles. The van der Waals surface area contributed by atoms with Crippen LogP contribution in [0.15, 0.2) is 119 Å². The first-order chi connectivity index (χ1) is 29.3. The van der Waals surface area contributed by atoms with Gasteiger partial charge < -0.3 is 33.2 Å². The number of methoxy groups -OCH3 is 5. The van der Waals surface area contributed by atoms with Crippen LogP contribution in [0.4, 0.5) is 10.5 Å². The monoisotopic (exact) mass is 824 g/mol. The van der Waals surface area contributed by atoms with Gasteiger partial charge in [-0.25, -0.2) is 9.59 Å². The van der Waals surface area contributed by atoms with Crippen molar-refractivity contribution in [2.45, 2.75) is 12.5 Å². The molecular weight excluding hydrogens is 785 g/mol. The molecule has 0 saturated carbocycles. The number of hydrogen-bond acceptors (Lipinski definition) is 11. The molecule has 0 radical (unpaired) electrons. The van der Waals surface area contributed by atoms with Crippen LogP contribution in [-0.4, -0.2) is 58.8 Å². The topological polar surface area (TPSA) is 133 Å². The van der Waals surface area contributed by atoms with E-state index in [2.05, 4.69) is 29.6 Å². The Labute approximate surface area is 349 Å². The molecule has 1 aliphatic carbocycles. The van der Waals surface area contributed by atoms with Gasteiger partial charge in [-0.1, -0.05) is 54.6 Å². The first-order valence-corrected chi connectivity index (χ1v) is 19.7. The van der Waals surface area contributed by atoms with E-state index in [-0.39, 0.29) is 30.2 Å². The van der Waals surface area contributed by atoms with Gasteiger partial charge in [0.25, 0.3) is 5.56 Å². The number of carbonyl (C=O) groups is 2. The lowest BCUT2D eigenvalue weighted by atomic mass is 9.95. The number of amides is 1. The minimum atomic E-state index is -0.796. The summed E-state index contributed by atoms with van der Waals surface area (Å²) in [7, 11) is 7.20. The number of aromatic nitrogens is 1. The average Bonchev–Trinajstić information content (AvgIpc) is 3.93. The molecule has 8 rings (SSSR count). The number of rotatable bonds is 13. The van der Waals surface area contributed by atoms with Crippen LogP contribution >= 0.6 is 11.3 Å². The molecule has 1 N–H and O–H groups in total. The number of fused-ring (bicyclic) bond motifs is 4. The highest BCUT2D eigenvalue weighted by Gasteiger charge is 2.30. The van der Waals surface area contributed by atoms with Gasteiger partial charge >= 0.3 is 12.1 Å². The zero-order chi connectivity index (χ0) is 41.9. The van der Waals surface area contributed by atoms with E-state index in [1.54, 1.807) is 48.5 Å². The molecule has 2 heterocycles. The van der Waals surface area contributed by atoms with Gasteiger partial charge in [0.1, 0.15) is 18.9 Å². The molecule has 60 heavy (non-hydrogen) atoms. The molecule has 2 aromatic heterocycles. The van der Waals surface area contributed by atoms with Crippen molar-refractivity contribution in [2.24, 2.45) is 0 Å². The number of esters is 1. The molecule has 0 spiro atoms. The van der Waals surface area contributed by atoms with Crippen LogP contribution in [0, 0.1) is 0 Å². The van der Waals surface area contributed by atoms with E-state index >= 15 is 0 Å². The predicted octanol–water partition coefficient (Wildman–Crippen LogP) is 9.48. The smallest absolute Gasteiger partial charge is 0.411 e. The van der Waals surface area contributed by atoms with Gasteiger partial charge in [0.15, 0.2) is 23.0 Å². The number of carbonyl (C=O) groups excluding carboxylic acids is 2. The summed E-state index contributed by atoms with van der Waals surface area (Å²) in [5, 5.41) is 5.34. The molecule has 0 bridgehead atoms. The van der Waals surface area contributed by atoms with E-state index in [9.17, 15) is 14.4 Å². The predicted molar refractivity (Wildman–Crippen MR) is 230 cm³/mol. The Morgan fingerprint density at radius 1 is 0.700 bits per heavy atom. The normalized spacial score (nSPS) is 11.7. The molecule has 0 saturated heterocycles. The number of nitrogens with one attached hydrogen (secondary N) is 1. The van der Waals surface area contributed by atoms with Crippen molar-refractivity contribution < 1.29 is 42.7 Å². The lowest BCUT2D eigenvalue weighted by Gasteiger charge is -2.21. The van der Waals surface area contributed by atoms with E-state index in [1.165, 1.54) is 51.5 Å². The van der Waals surface area contributed by atoms with E-state index < -0.39 is 17.6 Å². The van der Waals surface area contributed by atoms with Crippen LogP contribution < -0.4 is 34.6 Å². The summed E-state index contributed by atoms with van der Waals surface area (Å²) in [6.07, 6.45) is -0.642. The van der Waals surface area contributed by atoms with E-state index in [0.717, 1.165) is 27.1 Å². The lowest BCUT2D eigenvalue weighted by Crippen LogP contribution is -2.27. The van der Waals surface area contributed by atoms with Gasteiger partial charge in [0.05, 0.1) is 40.9 Å². The van der Waals surface area contributed by atoms with Crippen LogP contribution in [0.2, 0.25) is 0 Å². The summed E-state index contributed by atoms with van der Waals surface area (Å²) in [5.74, 6) is 0.734. The van der Waals surface area contributed by atoms with Crippen molar-refractivity contribution in [3.63, 3.8) is 0 Å². The summed E-state index contributed by atoms with van der Waals surface area (Å²) in [4.78, 5) is 43.0. The van der Waals surface area contributed by atoms with E-state index in [1.807, 2.05) is 41.8 Å². The van der Waals surface area contributed by atoms with Gasteiger partial charge in [0.2, 0.25) is 5.75 Å². The van der Waals surface area contributed by atoms with Crippen LogP contribution in [0.5, 0.6) is 28.7 Å². The Kier molecular flexibility index (Phi) is 11.2. The molecule has 0 atom stereocenters. The third-order valence-electron chi connectivity index (χ3n) is 10.5. The van der Waals surface area contributed by atoms with Crippen molar-refractivity contribution in [3.05, 3.63) is 147 Å². The summed E-state index contributed by atoms with van der Waals surface area (Å²) >= 11 is 1.54. The summed E-state index contributed by atoms with van der Waals surface area (Å²) in [6, 6.07) is 33.2. The van der Waals surface area contributed by atoms with Crippen LogP contribution in [0.3, 0.4) is 0 Å². The minimum Gasteiger partial charge on any atom is -0.493 e. The quantitative estimate of drug-likeness (QED) is 0.112. The number of anilines is 1. The van der Waals surface area contributed by atoms with E-state index in [4.69, 9.17) is 33.2 Å². The number of ether oxygens (including phenoxy) is 7. The second-order valence-electron chi connectivity index (χ2n) is 13.7. The maximum atomic E-state index is 14.8. The molecule has 304 valence electrons. The van der Waals surface area contributed by atoms with Crippen LogP contribution in [0.25, 0.3) is 38.7 Å². The molecule has 0 unspecified atom stereocenters. The molecule has 12 nitrogen and oxygen atoms in total. The molecule has 5 aromatic carbocycles. The van der Waals surface area contributed by atoms with Gasteiger partial charge in [0, 0.05) is 33.1 Å². The Morgan fingerprint density at radius 2 is 1.33 bits per heavy atom. The highest BCUT2D eigenvalue weighted by Crippen LogP contribution is 2.46. The fraction of sp³-hybridized carbons (Fsp3) is 0.170. The van der Waals surface area contributed by atoms with Gasteiger partial charge in [-0.2, -0.15) is 0 Å². The Morgan fingerprint density at radius 3 is 1.92 bits per heavy atom. The summed E-state index contributed by atoms with van der Waals surface area (Å²) in [6.45, 7) is 0.381. The second-order valence-corrected chi connectivity index (χ2v) is 14.7. The van der Waals surface area contributed by atoms with Crippen molar-refractivity contribution in [1.29, 1.82) is 0 Å². The fourth-order valence-corrected chi connectivity index (χ4v) is 8.34. The third kappa shape index (κ3) is 7.24. The third-order valence-corrected chi connectivity index (χ3v) is 11.3. The van der Waals surface area contributed by atoms with Crippen molar-refractivity contribution in [2.75, 3.05) is 47.5 Å². The van der Waals surface area contributed by atoms with E-state index in [0.29, 0.717) is 56.6 Å². The summed E-state index contributed by atoms with van der Waals surface area (Å²) in [5.41, 5.74) is 5.32. The second kappa shape index (κ2) is 16.9. The van der Waals surface area contributed by atoms with Crippen LogP contribution in [-0.2, 0) is 16.1 Å². The highest BCUT2D eigenvalue weighted by molar-refractivity contribution is 7.09. The first kappa shape index (κ1) is 39.6. The zero-order valence-electron chi connectivity index (χ0n) is 33.4. The Hall–Kier alpha value is -7.25. The van der Waals surface area contributed by atoms with Crippen LogP contribution in [0.1, 0.15) is 32.4 Å². The number of hydrogen-bond donors (Lipinski definition) is 1. The van der Waals surface area contributed by atoms with Crippen molar-refractivity contribution >= 4 is 39.9 Å². The van der Waals surface area contributed by atoms with Gasteiger partial charge in [-0.3, -0.25) is 14.7 Å². The Bertz CT molecular complexity index is 2730. The van der Waals surface area contributed by atoms with Crippen molar-refractivity contribution in [1.82, 2.24) is 4.57 Å². The largest absolute Gasteiger partial charge is 0.493 e. The maximum Gasteiger partial charge on any atom is 0.411 e. The Balaban J connectivity index is 1.20. The fourth-order valence-electron chi connectivity index (χ4n) is 7.72. The molecule has 1 aliphatic rings. The average molecular weight is 825 g/mol. The zero-order valence-corrected chi connectivity index (χ0v) is 34.2. The van der Waals surface area contributed by atoms with Gasteiger partial charge in [-0.05, 0) is 87.8 Å². The van der Waals surface area contributed by atoms with Crippen molar-refractivity contribution in [3.8, 4) is 56.7 Å². The first-order valence-electron chi connectivity index (χ1n) is 18.9. The molecule has 7 aromatic rings. The standard InChI is InChI=1S/C47H40N2O10S/c1-53-38-23-35-36(24-39(38)58-25-30-11-10-20-60-30)45(50)49(43(46(51)57-5)42(35)27-21-40(54-2)44(56-4)41(22-27)55-3)29-18-16-28(17-19-29)48-47(52)59-26-37-33-14-8-6-12-31(33)32-13-7-9-15-34(32)37/h6-24,37H,25-26H2,1-5H3,(H,48,52). The number of thiophene rings is 1. The minimum absolute atomic E-state index is 0.0872. The molecule has 0 fully saturated rings. The van der Waals surface area contributed by atoms with Gasteiger partial charge in [-0.15, -0.1) is 11.3 Å². The highest BCUT2D eigenvalue weighted by atomic mass is 32.1. The SMILES string of the molecule is COC(=O)c1c(-c2cc(OC)c(OC)c(OC)c2)c2cc(OC)c(OCc3cccs3)cc2c(=O)n1-c1ccc(NC(=O)OCC2c3ccccc3-c3ccccc32)cc1. The molecular formula is C47H40N2O10S. The lowest BCUT2D eigenvalue weighted by molar-refractivity contribution is 0.0591. The molecule has 13 heteroatoms. The maximum absolute atomic E-state index is 14.8. The number of pyridine rings is 1. The molecule has 1 amide bonds. The number of benzene rings is 5. The number of nitrogens with zero attached hydrogens (tertiary/aromatic N) is 1. The summed E-state index contributed by atoms with van der Waals surface area (Å²) < 4.78 is 41.4.